The van der Waals surface area contributed by atoms with Gasteiger partial charge in [0.1, 0.15) is 11.9 Å². The molecule has 0 aliphatic carbocycles. The lowest BCUT2D eigenvalue weighted by molar-refractivity contribution is 0.235. The van der Waals surface area contributed by atoms with Crippen LogP contribution in [-0.2, 0) is 0 Å². The summed E-state index contributed by atoms with van der Waals surface area (Å²) in [4.78, 5) is 0. The maximum atomic E-state index is 6.04. The molecule has 94 valence electrons. The fraction of sp³-hybridized carbons (Fsp3) is 0.200. The summed E-state index contributed by atoms with van der Waals surface area (Å²) in [6.45, 7) is 2.74. The van der Waals surface area contributed by atoms with Crippen molar-refractivity contribution in [2.75, 3.05) is 11.9 Å². The van der Waals surface area contributed by atoms with E-state index in [4.69, 9.17) is 16.3 Å². The first kappa shape index (κ1) is 12.8. The predicted molar refractivity (Wildman–Crippen MR) is 76.5 cm³/mol. The van der Waals surface area contributed by atoms with Gasteiger partial charge in [0.2, 0.25) is 0 Å². The Morgan fingerprint density at radius 2 is 1.72 bits per heavy atom. The summed E-state index contributed by atoms with van der Waals surface area (Å²) in [7, 11) is 0. The summed E-state index contributed by atoms with van der Waals surface area (Å²) in [6.07, 6.45) is 0.0464. The Morgan fingerprint density at radius 1 is 1.06 bits per heavy atom. The summed E-state index contributed by atoms with van der Waals surface area (Å²) < 4.78 is 5.77. The fourth-order valence-corrected chi connectivity index (χ4v) is 1.80. The second-order valence-electron chi connectivity index (χ2n) is 4.11. The summed E-state index contributed by atoms with van der Waals surface area (Å²) in [5, 5.41) is 3.96. The number of rotatable bonds is 5. The van der Waals surface area contributed by atoms with E-state index in [9.17, 15) is 0 Å². The molecule has 0 saturated heterocycles. The average Bonchev–Trinajstić information content (AvgIpc) is 2.40. The van der Waals surface area contributed by atoms with Crippen molar-refractivity contribution in [3.63, 3.8) is 0 Å². The molecule has 0 heterocycles. The molecule has 1 atom stereocenters. The van der Waals surface area contributed by atoms with Crippen molar-refractivity contribution in [2.24, 2.45) is 0 Å². The van der Waals surface area contributed by atoms with Crippen molar-refractivity contribution in [3.8, 4) is 5.75 Å². The van der Waals surface area contributed by atoms with E-state index in [1.165, 1.54) is 0 Å². The van der Waals surface area contributed by atoms with E-state index < -0.39 is 0 Å². The molecule has 0 radical (unpaired) electrons. The first-order chi connectivity index (χ1) is 8.75. The number of benzene rings is 2. The van der Waals surface area contributed by atoms with Crippen molar-refractivity contribution < 1.29 is 4.74 Å². The minimum absolute atomic E-state index is 0.0464. The van der Waals surface area contributed by atoms with Crippen LogP contribution in [-0.4, -0.2) is 12.6 Å². The van der Waals surface area contributed by atoms with Crippen LogP contribution in [0.3, 0.4) is 0 Å². The highest BCUT2D eigenvalue weighted by Gasteiger charge is 2.06. The number of para-hydroxylation sites is 2. The van der Waals surface area contributed by atoms with Crippen LogP contribution < -0.4 is 10.1 Å². The second-order valence-corrected chi connectivity index (χ2v) is 4.51. The Hall–Kier alpha value is -1.67. The lowest BCUT2D eigenvalue weighted by Crippen LogP contribution is -2.22. The van der Waals surface area contributed by atoms with Gasteiger partial charge in [0, 0.05) is 5.69 Å². The minimum Gasteiger partial charge on any atom is -0.487 e. The third-order valence-corrected chi connectivity index (χ3v) is 2.84. The average molecular weight is 262 g/mol. The van der Waals surface area contributed by atoms with Crippen LogP contribution in [0.1, 0.15) is 6.92 Å². The number of nitrogens with one attached hydrogen (secondary N) is 1. The Kier molecular flexibility index (Phi) is 4.48. The molecule has 2 aromatic carbocycles. The van der Waals surface area contributed by atoms with Crippen LogP contribution in [0, 0.1) is 0 Å². The molecular weight excluding hydrogens is 246 g/mol. The van der Waals surface area contributed by atoms with Crippen LogP contribution >= 0.6 is 11.6 Å². The van der Waals surface area contributed by atoms with Gasteiger partial charge in [0.05, 0.1) is 11.6 Å². The van der Waals surface area contributed by atoms with Crippen molar-refractivity contribution in [1.82, 2.24) is 0 Å². The van der Waals surface area contributed by atoms with E-state index in [0.717, 1.165) is 18.0 Å². The molecule has 18 heavy (non-hydrogen) atoms. The zero-order chi connectivity index (χ0) is 12.8. The first-order valence-corrected chi connectivity index (χ1v) is 6.33. The number of hydrogen-bond acceptors (Lipinski definition) is 2. The van der Waals surface area contributed by atoms with Gasteiger partial charge in [-0.05, 0) is 31.2 Å². The van der Waals surface area contributed by atoms with E-state index in [1.54, 1.807) is 0 Å². The zero-order valence-corrected chi connectivity index (χ0v) is 11.0. The van der Waals surface area contributed by atoms with E-state index in [0.29, 0.717) is 5.02 Å². The Morgan fingerprint density at radius 3 is 2.44 bits per heavy atom. The third-order valence-electron chi connectivity index (χ3n) is 2.53. The number of anilines is 1. The van der Waals surface area contributed by atoms with E-state index >= 15 is 0 Å². The van der Waals surface area contributed by atoms with Gasteiger partial charge >= 0.3 is 0 Å². The molecule has 2 nitrogen and oxygen atoms in total. The minimum atomic E-state index is 0.0464. The number of hydrogen-bond donors (Lipinski definition) is 1. The predicted octanol–water partition coefficient (Wildman–Crippen LogP) is 4.22. The number of ether oxygens (including phenoxy) is 1. The molecule has 0 amide bonds. The van der Waals surface area contributed by atoms with Gasteiger partial charge in [0.25, 0.3) is 0 Å². The van der Waals surface area contributed by atoms with Crippen molar-refractivity contribution in [2.45, 2.75) is 13.0 Å². The zero-order valence-electron chi connectivity index (χ0n) is 10.3. The van der Waals surface area contributed by atoms with E-state index in [1.807, 2.05) is 61.5 Å². The van der Waals surface area contributed by atoms with Crippen molar-refractivity contribution in [1.29, 1.82) is 0 Å². The summed E-state index contributed by atoms with van der Waals surface area (Å²) in [5.41, 5.74) is 1.09. The first-order valence-electron chi connectivity index (χ1n) is 5.96. The Balaban J connectivity index is 1.86. The molecular formula is C15H16ClNO. The summed E-state index contributed by atoms with van der Waals surface area (Å²) >= 11 is 6.04. The molecule has 0 bridgehead atoms. The quantitative estimate of drug-likeness (QED) is 0.870. The molecule has 1 unspecified atom stereocenters. The molecule has 0 spiro atoms. The van der Waals surface area contributed by atoms with Crippen LogP contribution in [0.2, 0.25) is 5.02 Å². The monoisotopic (exact) mass is 261 g/mol. The molecule has 0 aliphatic rings. The lowest BCUT2D eigenvalue weighted by atomic mass is 10.3. The molecule has 2 rings (SSSR count). The maximum absolute atomic E-state index is 6.04. The molecule has 1 N–H and O–H groups in total. The smallest absolute Gasteiger partial charge is 0.138 e. The highest BCUT2D eigenvalue weighted by molar-refractivity contribution is 6.32. The second kappa shape index (κ2) is 6.31. The Bertz CT molecular complexity index is 487. The van der Waals surface area contributed by atoms with Crippen LogP contribution in [0.4, 0.5) is 5.69 Å². The van der Waals surface area contributed by atoms with Gasteiger partial charge in [-0.2, -0.15) is 0 Å². The van der Waals surface area contributed by atoms with E-state index in [2.05, 4.69) is 5.32 Å². The number of halogens is 1. The van der Waals surface area contributed by atoms with Gasteiger partial charge < -0.3 is 10.1 Å². The Labute approximate surface area is 113 Å². The van der Waals surface area contributed by atoms with Gasteiger partial charge in [0.15, 0.2) is 0 Å². The van der Waals surface area contributed by atoms with Gasteiger partial charge in [-0.25, -0.2) is 0 Å². The standard InChI is InChI=1S/C15H16ClNO/c1-12(11-17-13-7-3-2-4-8-13)18-15-10-6-5-9-14(15)16/h2-10,12,17H,11H2,1H3. The fourth-order valence-electron chi connectivity index (χ4n) is 1.62. The highest BCUT2D eigenvalue weighted by Crippen LogP contribution is 2.24. The molecule has 2 aromatic rings. The molecule has 0 fully saturated rings. The third kappa shape index (κ3) is 3.67. The van der Waals surface area contributed by atoms with Gasteiger partial charge in [-0.3, -0.25) is 0 Å². The summed E-state index contributed by atoms with van der Waals surface area (Å²) in [6, 6.07) is 17.6. The topological polar surface area (TPSA) is 21.3 Å². The van der Waals surface area contributed by atoms with Gasteiger partial charge in [-0.1, -0.05) is 41.9 Å². The van der Waals surface area contributed by atoms with Gasteiger partial charge in [-0.15, -0.1) is 0 Å². The molecule has 0 saturated carbocycles. The van der Waals surface area contributed by atoms with Crippen molar-refractivity contribution >= 4 is 17.3 Å². The van der Waals surface area contributed by atoms with Crippen LogP contribution in [0.15, 0.2) is 54.6 Å². The maximum Gasteiger partial charge on any atom is 0.138 e. The molecule has 3 heteroatoms. The normalized spacial score (nSPS) is 11.9. The lowest BCUT2D eigenvalue weighted by Gasteiger charge is -2.16. The SMILES string of the molecule is CC(CNc1ccccc1)Oc1ccccc1Cl. The van der Waals surface area contributed by atoms with Crippen molar-refractivity contribution in [3.05, 3.63) is 59.6 Å². The largest absolute Gasteiger partial charge is 0.487 e. The van der Waals surface area contributed by atoms with Crippen LogP contribution in [0.25, 0.3) is 0 Å². The van der Waals surface area contributed by atoms with Crippen LogP contribution in [0.5, 0.6) is 5.75 Å². The molecule has 0 aliphatic heterocycles. The van der Waals surface area contributed by atoms with E-state index in [-0.39, 0.29) is 6.10 Å². The summed E-state index contributed by atoms with van der Waals surface area (Å²) in [5.74, 6) is 0.724. The highest BCUT2D eigenvalue weighted by atomic mass is 35.5. The molecule has 0 aromatic heterocycles.